The van der Waals surface area contributed by atoms with Gasteiger partial charge in [0.05, 0.1) is 0 Å². The minimum Gasteiger partial charge on any atom is -0.508 e. The van der Waals surface area contributed by atoms with Crippen molar-refractivity contribution >= 4 is 0 Å². The third-order valence-corrected chi connectivity index (χ3v) is 0.850. The van der Waals surface area contributed by atoms with E-state index in [4.69, 9.17) is 10.2 Å². The Labute approximate surface area is 52.5 Å². The minimum absolute atomic E-state index is 0. The van der Waals surface area contributed by atoms with Crippen LogP contribution in [-0.4, -0.2) is 10.2 Å². The highest BCUT2D eigenvalue weighted by molar-refractivity contribution is 5.28. The minimum atomic E-state index is 0. The van der Waals surface area contributed by atoms with E-state index in [1.165, 1.54) is 24.3 Å². The molecule has 3 nitrogen and oxygen atoms in total. The van der Waals surface area contributed by atoms with Gasteiger partial charge in [0, 0.05) is 5.48 Å². The van der Waals surface area contributed by atoms with Crippen molar-refractivity contribution in [2.75, 3.05) is 0 Å². The Morgan fingerprint density at radius 1 is 0.778 bits per heavy atom. The summed E-state index contributed by atoms with van der Waals surface area (Å²) in [6, 6.07) is 5.70. The maximum atomic E-state index is 8.65. The van der Waals surface area contributed by atoms with Crippen molar-refractivity contribution in [2.24, 2.45) is 0 Å². The highest BCUT2D eigenvalue weighted by atomic mass is 16.3. The van der Waals surface area contributed by atoms with E-state index in [1.54, 1.807) is 0 Å². The summed E-state index contributed by atoms with van der Waals surface area (Å²) in [5.74, 6) is 0.339. The molecule has 2 N–H and O–H groups in total. The first-order valence-electron chi connectivity index (χ1n) is 2.27. The highest BCUT2D eigenvalue weighted by Crippen LogP contribution is 2.13. The number of aromatic hydroxyl groups is 2. The van der Waals surface area contributed by atoms with Crippen LogP contribution in [0, 0.1) is 0 Å². The Balaban J connectivity index is 0.000000640. The van der Waals surface area contributed by atoms with Crippen LogP contribution in [0.4, 0.5) is 0 Å². The maximum Gasteiger partial charge on any atom is 0.115 e. The average Bonchev–Trinajstić information content (AvgIpc) is 1.77. The van der Waals surface area contributed by atoms with E-state index < -0.39 is 0 Å². The second kappa shape index (κ2) is 2.94. The fourth-order valence-electron chi connectivity index (χ4n) is 0.453. The number of benzene rings is 1. The smallest absolute Gasteiger partial charge is 0.115 e. The van der Waals surface area contributed by atoms with Crippen molar-refractivity contribution in [2.45, 2.75) is 0 Å². The molecule has 1 rings (SSSR count). The lowest BCUT2D eigenvalue weighted by Crippen LogP contribution is -1.61. The lowest BCUT2D eigenvalue weighted by atomic mass is 10.3. The van der Waals surface area contributed by atoms with E-state index in [2.05, 4.69) is 0 Å². The van der Waals surface area contributed by atoms with Gasteiger partial charge in [-0.15, -0.1) is 0 Å². The van der Waals surface area contributed by atoms with Gasteiger partial charge in [0.1, 0.15) is 11.5 Å². The molecule has 48 valence electrons. The van der Waals surface area contributed by atoms with Gasteiger partial charge < -0.3 is 10.2 Å². The van der Waals surface area contributed by atoms with Crippen LogP contribution in [0.25, 0.3) is 0 Å². The molecule has 3 heteroatoms. The van der Waals surface area contributed by atoms with Gasteiger partial charge in [-0.25, -0.2) is 0 Å². The fraction of sp³-hybridized carbons (Fsp3) is 0. The summed E-state index contributed by atoms with van der Waals surface area (Å²) in [4.78, 5) is 0. The van der Waals surface area contributed by atoms with Gasteiger partial charge in [-0.3, -0.25) is 0 Å². The second-order valence-corrected chi connectivity index (χ2v) is 1.52. The third kappa shape index (κ3) is 2.01. The SMILES string of the molecule is Oc1ccc(O)cc1.[O]. The van der Waals surface area contributed by atoms with Gasteiger partial charge in [0.15, 0.2) is 0 Å². The van der Waals surface area contributed by atoms with E-state index in [9.17, 15) is 0 Å². The molecule has 0 unspecified atom stereocenters. The molecule has 1 aromatic carbocycles. The first kappa shape index (κ1) is 7.78. The predicted molar refractivity (Wildman–Crippen MR) is 30.5 cm³/mol. The molecule has 0 atom stereocenters. The number of hydrogen-bond donors (Lipinski definition) is 2. The topological polar surface area (TPSA) is 69.0 Å². The van der Waals surface area contributed by atoms with Gasteiger partial charge in [-0.05, 0) is 24.3 Å². The molecule has 0 aromatic heterocycles. The summed E-state index contributed by atoms with van der Waals surface area (Å²) in [6.07, 6.45) is 0. The lowest BCUT2D eigenvalue weighted by molar-refractivity contribution is 0.460. The van der Waals surface area contributed by atoms with E-state index in [0.29, 0.717) is 0 Å². The average molecular weight is 126 g/mol. The van der Waals surface area contributed by atoms with Gasteiger partial charge in [-0.2, -0.15) is 0 Å². The molecule has 0 aliphatic rings. The van der Waals surface area contributed by atoms with Crippen molar-refractivity contribution in [3.05, 3.63) is 24.3 Å². The number of phenolic OH excluding ortho intramolecular Hbond substituents is 2. The zero-order chi connectivity index (χ0) is 5.98. The molecule has 9 heavy (non-hydrogen) atoms. The lowest BCUT2D eigenvalue weighted by Gasteiger charge is -1.88. The second-order valence-electron chi connectivity index (χ2n) is 1.52. The van der Waals surface area contributed by atoms with E-state index >= 15 is 0 Å². The van der Waals surface area contributed by atoms with Crippen LogP contribution in [0.5, 0.6) is 11.5 Å². The standard InChI is InChI=1S/C6H6O2.O/c7-5-1-2-6(8)4-3-5;/h1-4,7-8H;. The van der Waals surface area contributed by atoms with Crippen LogP contribution in [0.15, 0.2) is 24.3 Å². The van der Waals surface area contributed by atoms with Crippen LogP contribution >= 0.6 is 0 Å². The van der Waals surface area contributed by atoms with Crippen LogP contribution < -0.4 is 0 Å². The van der Waals surface area contributed by atoms with Crippen molar-refractivity contribution in [1.82, 2.24) is 0 Å². The molecule has 0 aliphatic heterocycles. The number of rotatable bonds is 0. The first-order chi connectivity index (χ1) is 3.79. The van der Waals surface area contributed by atoms with Gasteiger partial charge >= 0.3 is 0 Å². The monoisotopic (exact) mass is 126 g/mol. The number of hydrogen-bond acceptors (Lipinski definition) is 2. The molecule has 0 heterocycles. The molecular weight excluding hydrogens is 120 g/mol. The molecule has 0 aliphatic carbocycles. The highest BCUT2D eigenvalue weighted by Gasteiger charge is 1.84. The van der Waals surface area contributed by atoms with Gasteiger partial charge in [-0.1, -0.05) is 0 Å². The Kier molecular flexibility index (Phi) is 2.54. The van der Waals surface area contributed by atoms with Gasteiger partial charge in [0.2, 0.25) is 0 Å². The molecule has 0 fully saturated rings. The van der Waals surface area contributed by atoms with E-state index in [0.717, 1.165) is 0 Å². The van der Waals surface area contributed by atoms with Crippen LogP contribution in [0.1, 0.15) is 0 Å². The molecule has 1 aromatic rings. The fourth-order valence-corrected chi connectivity index (χ4v) is 0.453. The molecule has 2 radical (unpaired) electrons. The summed E-state index contributed by atoms with van der Waals surface area (Å²) in [6.45, 7) is 0. The molecule has 0 amide bonds. The van der Waals surface area contributed by atoms with Crippen LogP contribution in [0.3, 0.4) is 0 Å². The molecule has 0 saturated heterocycles. The quantitative estimate of drug-likeness (QED) is 0.508. The Hall–Kier alpha value is -1.22. The zero-order valence-electron chi connectivity index (χ0n) is 4.61. The molecule has 0 saturated carbocycles. The number of phenols is 2. The summed E-state index contributed by atoms with van der Waals surface area (Å²) in [5.41, 5.74) is 0. The maximum absolute atomic E-state index is 8.65. The molecule has 0 spiro atoms. The van der Waals surface area contributed by atoms with E-state index in [-0.39, 0.29) is 17.0 Å². The normalized spacial score (nSPS) is 8.00. The van der Waals surface area contributed by atoms with Crippen molar-refractivity contribution in [1.29, 1.82) is 0 Å². The summed E-state index contributed by atoms with van der Waals surface area (Å²) < 4.78 is 0. The summed E-state index contributed by atoms with van der Waals surface area (Å²) in [7, 11) is 0. The molecular formula is C6H6O3. The van der Waals surface area contributed by atoms with E-state index in [1.807, 2.05) is 0 Å². The molecule has 0 bridgehead atoms. The van der Waals surface area contributed by atoms with Gasteiger partial charge in [0.25, 0.3) is 0 Å². The Morgan fingerprint density at radius 2 is 1.00 bits per heavy atom. The summed E-state index contributed by atoms with van der Waals surface area (Å²) in [5, 5.41) is 17.3. The Bertz CT molecular complexity index is 147. The summed E-state index contributed by atoms with van der Waals surface area (Å²) >= 11 is 0. The zero-order valence-corrected chi connectivity index (χ0v) is 4.61. The predicted octanol–water partition coefficient (Wildman–Crippen LogP) is 0.979. The largest absolute Gasteiger partial charge is 0.508 e. The van der Waals surface area contributed by atoms with Crippen molar-refractivity contribution < 1.29 is 15.7 Å². The Morgan fingerprint density at radius 3 is 1.22 bits per heavy atom. The first-order valence-corrected chi connectivity index (χ1v) is 2.27. The van der Waals surface area contributed by atoms with Crippen LogP contribution in [0.2, 0.25) is 0 Å². The van der Waals surface area contributed by atoms with Crippen molar-refractivity contribution in [3.63, 3.8) is 0 Å². The third-order valence-electron chi connectivity index (χ3n) is 0.850. The van der Waals surface area contributed by atoms with Crippen molar-refractivity contribution in [3.8, 4) is 11.5 Å². The van der Waals surface area contributed by atoms with Crippen LogP contribution in [-0.2, 0) is 5.48 Å².